The number of hydrogen-bond acceptors (Lipinski definition) is 7. The summed E-state index contributed by atoms with van der Waals surface area (Å²) in [7, 11) is 1.53. The fourth-order valence-electron chi connectivity index (χ4n) is 5.95. The number of halogens is 2. The molecule has 3 unspecified atom stereocenters. The van der Waals surface area contributed by atoms with Crippen molar-refractivity contribution in [2.75, 3.05) is 17.3 Å². The maximum atomic E-state index is 14.1. The molecule has 0 radical (unpaired) electrons. The Balaban J connectivity index is 1.27. The number of amides is 3. The molecule has 7 rings (SSSR count). The van der Waals surface area contributed by atoms with Crippen LogP contribution in [0.3, 0.4) is 0 Å². The van der Waals surface area contributed by atoms with Gasteiger partial charge in [-0.25, -0.2) is 4.90 Å². The van der Waals surface area contributed by atoms with E-state index in [2.05, 4.69) is 5.32 Å². The van der Waals surface area contributed by atoms with Crippen molar-refractivity contribution in [1.29, 1.82) is 0 Å². The maximum absolute atomic E-state index is 14.1. The van der Waals surface area contributed by atoms with Gasteiger partial charge < -0.3 is 10.1 Å². The van der Waals surface area contributed by atoms with Crippen LogP contribution < -0.4 is 19.8 Å². The number of carbonyl (C=O) groups is 3. The zero-order chi connectivity index (χ0) is 31.4. The second-order valence-electron chi connectivity index (χ2n) is 10.6. The van der Waals surface area contributed by atoms with Gasteiger partial charge in [-0.05, 0) is 58.8 Å². The highest BCUT2D eigenvalue weighted by Crippen LogP contribution is 2.55. The largest absolute Gasteiger partial charge is 0.497 e. The minimum Gasteiger partial charge on any atom is -0.497 e. The van der Waals surface area contributed by atoms with Gasteiger partial charge in [-0.2, -0.15) is 0 Å². The Kier molecular flexibility index (Phi) is 7.69. The molecule has 45 heavy (non-hydrogen) atoms. The number of fused-ring (bicyclic) bond motifs is 3. The number of ether oxygens (including phenoxy) is 1. The predicted molar refractivity (Wildman–Crippen MR) is 178 cm³/mol. The summed E-state index contributed by atoms with van der Waals surface area (Å²) < 4.78 is 6.61. The molecule has 0 spiro atoms. The normalized spacial score (nSPS) is 19.0. The molecule has 1 fully saturated rings. The topological polar surface area (TPSA) is 97.7 Å². The second kappa shape index (κ2) is 11.7. The Morgan fingerprint density at radius 1 is 0.911 bits per heavy atom. The third-order valence-corrected chi connectivity index (χ3v) is 11.5. The van der Waals surface area contributed by atoms with Gasteiger partial charge in [0.2, 0.25) is 17.7 Å². The molecule has 2 aliphatic heterocycles. The number of anilines is 2. The molecule has 1 aromatic heterocycles. The fraction of sp³-hybridized carbons (Fsp3) is 0.152. The number of nitrogens with zero attached hydrogens (tertiary/aromatic N) is 2. The summed E-state index contributed by atoms with van der Waals surface area (Å²) in [5.74, 6) is -2.23. The van der Waals surface area contributed by atoms with E-state index < -0.39 is 34.8 Å². The van der Waals surface area contributed by atoms with Crippen molar-refractivity contribution < 1.29 is 19.1 Å². The van der Waals surface area contributed by atoms with E-state index in [1.54, 1.807) is 48.5 Å². The van der Waals surface area contributed by atoms with Gasteiger partial charge in [-0.1, -0.05) is 88.8 Å². The molecule has 12 heteroatoms. The molecule has 5 aromatic rings. The Bertz CT molecular complexity index is 2080. The zero-order valence-corrected chi connectivity index (χ0v) is 26.7. The molecule has 8 nitrogen and oxygen atoms in total. The first-order chi connectivity index (χ1) is 21.7. The molecule has 4 aromatic carbocycles. The zero-order valence-electron chi connectivity index (χ0n) is 23.5. The van der Waals surface area contributed by atoms with E-state index in [-0.39, 0.29) is 21.5 Å². The van der Waals surface area contributed by atoms with E-state index in [1.165, 1.54) is 16.6 Å². The van der Waals surface area contributed by atoms with Crippen LogP contribution in [0.2, 0.25) is 10.0 Å². The Morgan fingerprint density at radius 3 is 2.42 bits per heavy atom. The second-order valence-corrected chi connectivity index (χ2v) is 13.5. The lowest BCUT2D eigenvalue weighted by molar-refractivity contribution is -0.122. The highest BCUT2D eigenvalue weighted by Gasteiger charge is 2.57. The molecule has 3 atom stereocenters. The van der Waals surface area contributed by atoms with Crippen LogP contribution in [0.4, 0.5) is 11.4 Å². The van der Waals surface area contributed by atoms with E-state index in [1.807, 2.05) is 36.4 Å². The summed E-state index contributed by atoms with van der Waals surface area (Å²) in [6.07, 6.45) is 0. The van der Waals surface area contributed by atoms with Crippen molar-refractivity contribution in [1.82, 2.24) is 4.57 Å². The summed E-state index contributed by atoms with van der Waals surface area (Å²) in [5, 5.41) is 5.01. The molecule has 226 valence electrons. The summed E-state index contributed by atoms with van der Waals surface area (Å²) in [6, 6.07) is 25.2. The number of thioether (sulfide) groups is 1. The molecule has 3 amide bonds. The third-order valence-electron chi connectivity index (χ3n) is 8.03. The van der Waals surface area contributed by atoms with Crippen molar-refractivity contribution in [2.45, 2.75) is 22.7 Å². The molecule has 1 N–H and O–H groups in total. The van der Waals surface area contributed by atoms with Crippen molar-refractivity contribution in [3.8, 4) is 5.75 Å². The number of carbonyl (C=O) groups excluding carboxylic acids is 3. The molecular formula is C33H23Cl2N3O5S2. The highest BCUT2D eigenvalue weighted by atomic mass is 35.5. The van der Waals surface area contributed by atoms with Gasteiger partial charge in [0.1, 0.15) is 17.5 Å². The number of benzene rings is 4. The monoisotopic (exact) mass is 675 g/mol. The summed E-state index contributed by atoms with van der Waals surface area (Å²) in [5.41, 5.74) is 1.54. The molecule has 0 aliphatic carbocycles. The number of thiazole rings is 1. The molecular weight excluding hydrogens is 653 g/mol. The minimum absolute atomic E-state index is 0.241. The summed E-state index contributed by atoms with van der Waals surface area (Å²) in [6.45, 7) is -0.276. The minimum atomic E-state index is -0.865. The van der Waals surface area contributed by atoms with Gasteiger partial charge in [0, 0.05) is 16.5 Å². The van der Waals surface area contributed by atoms with Crippen LogP contribution in [0.15, 0.2) is 94.7 Å². The first-order valence-electron chi connectivity index (χ1n) is 13.9. The van der Waals surface area contributed by atoms with E-state index in [9.17, 15) is 19.2 Å². The highest BCUT2D eigenvalue weighted by molar-refractivity contribution is 8.00. The molecule has 0 bridgehead atoms. The quantitative estimate of drug-likeness (QED) is 0.199. The fourth-order valence-corrected chi connectivity index (χ4v) is 9.14. The van der Waals surface area contributed by atoms with E-state index >= 15 is 0 Å². The Labute approximate surface area is 275 Å². The Morgan fingerprint density at radius 2 is 1.67 bits per heavy atom. The smallest absolute Gasteiger partial charge is 0.308 e. The number of methoxy groups -OCH3 is 1. The van der Waals surface area contributed by atoms with Crippen molar-refractivity contribution in [3.63, 3.8) is 0 Å². The summed E-state index contributed by atoms with van der Waals surface area (Å²) >= 11 is 15.2. The van der Waals surface area contributed by atoms with Crippen LogP contribution in [-0.2, 0) is 20.9 Å². The number of imide groups is 1. The molecule has 0 saturated carbocycles. The van der Waals surface area contributed by atoms with Crippen LogP contribution in [0.1, 0.15) is 16.4 Å². The maximum Gasteiger partial charge on any atom is 0.308 e. The standard InChI is InChI=1S/C33H23Cl2N3O5S2/c1-43-21-13-11-20(12-14-21)38-30(40)26-25(22-7-4-8-23(34)27(22)35)29-32(44-28(26)31(38)41)37(33(42)45-29)16-24(39)36-19-10-9-17-5-2-3-6-18(17)15-19/h2-15,25-26,28H,16H2,1H3,(H,36,39). The first-order valence-corrected chi connectivity index (χ1v) is 16.3. The molecule has 1 saturated heterocycles. The number of rotatable bonds is 6. The first kappa shape index (κ1) is 29.6. The van der Waals surface area contributed by atoms with E-state index in [0.29, 0.717) is 32.6 Å². The number of nitrogens with one attached hydrogen (secondary N) is 1. The summed E-state index contributed by atoms with van der Waals surface area (Å²) in [4.78, 5) is 56.2. The van der Waals surface area contributed by atoms with E-state index in [0.717, 1.165) is 33.9 Å². The van der Waals surface area contributed by atoms with Gasteiger partial charge in [0.25, 0.3) is 0 Å². The van der Waals surface area contributed by atoms with Gasteiger partial charge in [-0.3, -0.25) is 23.7 Å². The van der Waals surface area contributed by atoms with Gasteiger partial charge in [-0.15, -0.1) is 0 Å². The average molecular weight is 677 g/mol. The lowest BCUT2D eigenvalue weighted by Crippen LogP contribution is -2.33. The lowest BCUT2D eigenvalue weighted by atomic mass is 9.83. The predicted octanol–water partition coefficient (Wildman–Crippen LogP) is 6.81. The van der Waals surface area contributed by atoms with E-state index in [4.69, 9.17) is 27.9 Å². The van der Waals surface area contributed by atoms with Crippen LogP contribution in [0.5, 0.6) is 5.75 Å². The molecule has 3 heterocycles. The number of aromatic nitrogens is 1. The van der Waals surface area contributed by atoms with Crippen LogP contribution in [0.25, 0.3) is 10.8 Å². The van der Waals surface area contributed by atoms with Gasteiger partial charge >= 0.3 is 4.87 Å². The van der Waals surface area contributed by atoms with Crippen LogP contribution in [-0.4, -0.2) is 34.6 Å². The van der Waals surface area contributed by atoms with Crippen molar-refractivity contribution in [2.24, 2.45) is 5.92 Å². The van der Waals surface area contributed by atoms with Gasteiger partial charge in [0.15, 0.2) is 0 Å². The number of hydrogen-bond donors (Lipinski definition) is 1. The van der Waals surface area contributed by atoms with Gasteiger partial charge in [0.05, 0.1) is 33.8 Å². The SMILES string of the molecule is COc1ccc(N2C(=O)C3Sc4c(sc(=O)n4CC(=O)Nc4ccc5ccccc5c4)C(c4cccc(Cl)c4Cl)C3C2=O)cc1. The lowest BCUT2D eigenvalue weighted by Gasteiger charge is -2.31. The average Bonchev–Trinajstić information content (AvgIpc) is 3.48. The van der Waals surface area contributed by atoms with Crippen molar-refractivity contribution >= 4 is 86.2 Å². The van der Waals surface area contributed by atoms with Crippen LogP contribution in [0, 0.1) is 5.92 Å². The Hall–Kier alpha value is -4.09. The molecule has 2 aliphatic rings. The third kappa shape index (κ3) is 5.11. The van der Waals surface area contributed by atoms with Crippen LogP contribution >= 0.6 is 46.3 Å². The van der Waals surface area contributed by atoms with Crippen molar-refractivity contribution in [3.05, 3.63) is 115 Å².